The highest BCUT2D eigenvalue weighted by Gasteiger charge is 2.43. The van der Waals surface area contributed by atoms with Gasteiger partial charge in [-0.3, -0.25) is 19.4 Å². The van der Waals surface area contributed by atoms with Crippen molar-refractivity contribution in [3.05, 3.63) is 200 Å². The highest BCUT2D eigenvalue weighted by Crippen LogP contribution is 2.44. The molecule has 0 aromatic heterocycles. The van der Waals surface area contributed by atoms with E-state index in [-0.39, 0.29) is 34.5 Å². The van der Waals surface area contributed by atoms with Crippen LogP contribution in [0.1, 0.15) is 104 Å². The van der Waals surface area contributed by atoms with Crippen LogP contribution < -0.4 is 0 Å². The normalized spacial score (nSPS) is 23.6. The molecule has 2 atom stereocenters. The zero-order valence-electron chi connectivity index (χ0n) is 37.8. The summed E-state index contributed by atoms with van der Waals surface area (Å²) in [6, 6.07) is 17.0. The molecule has 0 N–H and O–H groups in total. The Labute approximate surface area is 361 Å². The average Bonchev–Trinajstić information content (AvgIpc) is 3.84. The summed E-state index contributed by atoms with van der Waals surface area (Å²) in [5.74, 6) is 0.526. The maximum atomic E-state index is 13.6. The van der Waals surface area contributed by atoms with E-state index in [1.165, 1.54) is 22.3 Å². The van der Waals surface area contributed by atoms with Crippen molar-refractivity contribution in [1.29, 1.82) is 0 Å². The first kappa shape index (κ1) is 44.4. The Bertz CT molecular complexity index is 2130. The SMILES string of the molecule is CC1=C(/C=C/C(C)=C/C=C/C(C)=C/C=C/C=C(C)/C=C/C=C(C)/C=C/C2=C(C)C(=O)C(N3Cc4ccccc4C3)CC2(C)C)C(C)(C)CC(N2Cc3ccccc3C2)C1=O. The zero-order chi connectivity index (χ0) is 43.2. The number of hydrogen-bond acceptors (Lipinski definition) is 4. The standard InChI is InChI=1S/C56H66N2O2/c1-39(21-17-23-41(3)29-31-49-43(5)53(59)51(33-55(49,7)8)57-35-45-25-13-14-26-46(45)36-57)19-11-12-20-40(2)22-18-24-42(4)30-32-50-44(6)54(60)52(34-56(50,9)10)58-37-47-27-15-16-28-48(47)38-58/h11-32,51-52H,33-38H2,1-10H3/b12-11+,21-17+,22-18+,31-29+,32-30+,39-19+,40-20+,41-23+,42-24+. The van der Waals surface area contributed by atoms with Gasteiger partial charge in [0, 0.05) is 26.2 Å². The van der Waals surface area contributed by atoms with Gasteiger partial charge in [-0.15, -0.1) is 0 Å². The van der Waals surface area contributed by atoms with Crippen LogP contribution in [0.25, 0.3) is 0 Å². The fraction of sp³-hybridized carbons (Fsp3) is 0.357. The number of ketones is 2. The number of carbonyl (C=O) groups excluding carboxylic acids is 2. The zero-order valence-corrected chi connectivity index (χ0v) is 37.8. The van der Waals surface area contributed by atoms with Gasteiger partial charge in [0.25, 0.3) is 0 Å². The van der Waals surface area contributed by atoms with Gasteiger partial charge in [-0.05, 0) is 110 Å². The molecule has 2 aliphatic carbocycles. The minimum Gasteiger partial charge on any atom is -0.293 e. The predicted molar refractivity (Wildman–Crippen MR) is 252 cm³/mol. The maximum absolute atomic E-state index is 13.6. The first-order valence-corrected chi connectivity index (χ1v) is 21.7. The van der Waals surface area contributed by atoms with E-state index >= 15 is 0 Å². The van der Waals surface area contributed by atoms with Crippen molar-refractivity contribution in [1.82, 2.24) is 9.80 Å². The number of fused-ring (bicyclic) bond motifs is 2. The highest BCUT2D eigenvalue weighted by atomic mass is 16.1. The second-order valence-electron chi connectivity index (χ2n) is 18.8. The van der Waals surface area contributed by atoms with Crippen molar-refractivity contribution in [2.24, 2.45) is 10.8 Å². The van der Waals surface area contributed by atoms with E-state index in [9.17, 15) is 9.59 Å². The number of allylic oxidation sites excluding steroid dienone is 20. The third kappa shape index (κ3) is 10.6. The molecule has 2 aromatic rings. The van der Waals surface area contributed by atoms with Crippen molar-refractivity contribution in [2.45, 2.75) is 120 Å². The molecule has 4 nitrogen and oxygen atoms in total. The Morgan fingerprint density at radius 3 is 1.13 bits per heavy atom. The van der Waals surface area contributed by atoms with Crippen molar-refractivity contribution < 1.29 is 9.59 Å². The summed E-state index contributed by atoms with van der Waals surface area (Å²) in [5, 5.41) is 0. The summed E-state index contributed by atoms with van der Waals surface area (Å²) in [7, 11) is 0. The molecule has 4 heteroatoms. The fourth-order valence-corrected chi connectivity index (χ4v) is 9.37. The molecule has 2 aromatic carbocycles. The molecule has 0 radical (unpaired) electrons. The van der Waals surface area contributed by atoms with Gasteiger partial charge in [0.2, 0.25) is 0 Å². The summed E-state index contributed by atoms with van der Waals surface area (Å²) < 4.78 is 0. The molecule has 312 valence electrons. The van der Waals surface area contributed by atoms with Crippen molar-refractivity contribution in [2.75, 3.05) is 0 Å². The van der Waals surface area contributed by atoms with Crippen molar-refractivity contribution in [3.63, 3.8) is 0 Å². The molecule has 0 fully saturated rings. The number of nitrogens with zero attached hydrogens (tertiary/aromatic N) is 2. The van der Waals surface area contributed by atoms with Crippen LogP contribution in [0.5, 0.6) is 0 Å². The minimum absolute atomic E-state index is 0.0742. The molecule has 2 aliphatic heterocycles. The van der Waals surface area contributed by atoms with Crippen LogP contribution in [0.2, 0.25) is 0 Å². The number of rotatable bonds is 12. The van der Waals surface area contributed by atoms with Crippen LogP contribution in [-0.2, 0) is 35.8 Å². The van der Waals surface area contributed by atoms with Crippen LogP contribution in [0.3, 0.4) is 0 Å². The first-order chi connectivity index (χ1) is 28.5. The summed E-state index contributed by atoms with van der Waals surface area (Å²) in [5.41, 5.74) is 13.8. The molecular formula is C56H66N2O2. The molecule has 60 heavy (non-hydrogen) atoms. The van der Waals surface area contributed by atoms with Crippen LogP contribution in [0.4, 0.5) is 0 Å². The van der Waals surface area contributed by atoms with Crippen molar-refractivity contribution >= 4 is 11.6 Å². The van der Waals surface area contributed by atoms with Gasteiger partial charge in [0.05, 0.1) is 12.1 Å². The highest BCUT2D eigenvalue weighted by molar-refractivity contribution is 6.02. The van der Waals surface area contributed by atoms with Gasteiger partial charge >= 0.3 is 0 Å². The number of hydrogen-bond donors (Lipinski definition) is 0. The van der Waals surface area contributed by atoms with Crippen LogP contribution in [0, 0.1) is 10.8 Å². The van der Waals surface area contributed by atoms with Crippen LogP contribution >= 0.6 is 0 Å². The van der Waals surface area contributed by atoms with Crippen molar-refractivity contribution in [3.8, 4) is 0 Å². The summed E-state index contributed by atoms with van der Waals surface area (Å²) in [6.07, 6.45) is 31.2. The van der Waals surface area contributed by atoms with Gasteiger partial charge in [-0.2, -0.15) is 0 Å². The van der Waals surface area contributed by atoms with E-state index in [2.05, 4.69) is 199 Å². The van der Waals surface area contributed by atoms with Crippen LogP contribution in [0.15, 0.2) is 178 Å². The number of Topliss-reactive ketones (excluding diaryl/α,β-unsaturated/α-hetero) is 2. The molecule has 0 amide bonds. The van der Waals surface area contributed by atoms with Gasteiger partial charge in [-0.25, -0.2) is 0 Å². The molecule has 0 saturated carbocycles. The summed E-state index contributed by atoms with van der Waals surface area (Å²) in [6.45, 7) is 24.9. The Balaban J connectivity index is 0.981. The Morgan fingerprint density at radius 2 is 0.800 bits per heavy atom. The van der Waals surface area contributed by atoms with Gasteiger partial charge in [0.1, 0.15) is 0 Å². The lowest BCUT2D eigenvalue weighted by atomic mass is 9.69. The average molecular weight is 799 g/mol. The topological polar surface area (TPSA) is 40.6 Å². The lowest BCUT2D eigenvalue weighted by Gasteiger charge is -2.40. The van der Waals surface area contributed by atoms with Gasteiger partial charge in [0.15, 0.2) is 11.6 Å². The van der Waals surface area contributed by atoms with E-state index in [0.29, 0.717) is 0 Å². The minimum atomic E-state index is -0.0916. The summed E-state index contributed by atoms with van der Waals surface area (Å²) >= 11 is 0. The summed E-state index contributed by atoms with van der Waals surface area (Å²) in [4.78, 5) is 32.0. The lowest BCUT2D eigenvalue weighted by Crippen LogP contribution is -2.45. The van der Waals surface area contributed by atoms with E-state index < -0.39 is 0 Å². The molecule has 0 spiro atoms. The Morgan fingerprint density at radius 1 is 0.500 bits per heavy atom. The van der Waals surface area contributed by atoms with Gasteiger partial charge < -0.3 is 0 Å². The molecule has 2 heterocycles. The molecule has 4 aliphatic rings. The second kappa shape index (κ2) is 19.0. The Hall–Kier alpha value is -5.16. The molecule has 6 rings (SSSR count). The third-order valence-corrected chi connectivity index (χ3v) is 12.9. The first-order valence-electron chi connectivity index (χ1n) is 21.7. The quantitative estimate of drug-likeness (QED) is 0.201. The van der Waals surface area contributed by atoms with E-state index in [4.69, 9.17) is 0 Å². The van der Waals surface area contributed by atoms with E-state index in [1.54, 1.807) is 0 Å². The number of carbonyl (C=O) groups is 2. The third-order valence-electron chi connectivity index (χ3n) is 12.9. The lowest BCUT2D eigenvalue weighted by molar-refractivity contribution is -0.123. The Kier molecular flexibility index (Phi) is 14.1. The van der Waals surface area contributed by atoms with Gasteiger partial charge in [-0.1, -0.05) is 184 Å². The maximum Gasteiger partial charge on any atom is 0.176 e. The predicted octanol–water partition coefficient (Wildman–Crippen LogP) is 13.0. The monoisotopic (exact) mass is 799 g/mol. The van der Waals surface area contributed by atoms with E-state index in [1.807, 2.05) is 13.8 Å². The van der Waals surface area contributed by atoms with Crippen LogP contribution in [-0.4, -0.2) is 33.4 Å². The number of benzene rings is 2. The molecular weight excluding hydrogens is 733 g/mol. The smallest absolute Gasteiger partial charge is 0.176 e. The molecule has 2 unspecified atom stereocenters. The van der Waals surface area contributed by atoms with E-state index in [0.717, 1.165) is 83.6 Å². The largest absolute Gasteiger partial charge is 0.293 e. The fourth-order valence-electron chi connectivity index (χ4n) is 9.37. The molecule has 0 bridgehead atoms. The molecule has 0 saturated heterocycles. The second-order valence-corrected chi connectivity index (χ2v) is 18.8.